The van der Waals surface area contributed by atoms with Gasteiger partial charge in [-0.3, -0.25) is 9.59 Å². The van der Waals surface area contributed by atoms with Crippen LogP contribution in [0.5, 0.6) is 5.75 Å². The van der Waals surface area contributed by atoms with Crippen molar-refractivity contribution in [1.29, 1.82) is 0 Å². The van der Waals surface area contributed by atoms with Crippen LogP contribution in [0.25, 0.3) is 0 Å². The van der Waals surface area contributed by atoms with Gasteiger partial charge in [-0.05, 0) is 44.7 Å². The van der Waals surface area contributed by atoms with Crippen molar-refractivity contribution in [2.45, 2.75) is 51.6 Å². The highest BCUT2D eigenvalue weighted by molar-refractivity contribution is 5.82. The monoisotopic (exact) mass is 358 g/mol. The van der Waals surface area contributed by atoms with Crippen molar-refractivity contribution in [2.24, 2.45) is 5.92 Å². The van der Waals surface area contributed by atoms with Gasteiger partial charge in [0, 0.05) is 32.1 Å². The van der Waals surface area contributed by atoms with Crippen molar-refractivity contribution >= 4 is 11.8 Å². The third-order valence-electron chi connectivity index (χ3n) is 5.48. The Kier molecular flexibility index (Phi) is 6.53. The van der Waals surface area contributed by atoms with Gasteiger partial charge in [-0.2, -0.15) is 0 Å². The molecule has 0 spiro atoms. The quantitative estimate of drug-likeness (QED) is 0.831. The summed E-state index contributed by atoms with van der Waals surface area (Å²) in [7, 11) is 0. The first-order valence-corrected chi connectivity index (χ1v) is 9.94. The van der Waals surface area contributed by atoms with Crippen LogP contribution in [-0.4, -0.2) is 53.9 Å². The number of nitrogens with zero attached hydrogens (tertiary/aromatic N) is 2. The van der Waals surface area contributed by atoms with Crippen molar-refractivity contribution in [1.82, 2.24) is 9.80 Å². The van der Waals surface area contributed by atoms with E-state index in [1.807, 2.05) is 35.2 Å². The standard InChI is InChI=1S/C21H30N2O3/c1-17(26-19-9-5-4-6-10-19)20(24)23-15-11-18(12-16-23)21(25)22-13-7-2-3-8-14-22/h4-6,9-10,17-18H,2-3,7-8,11-16H2,1H3. The van der Waals surface area contributed by atoms with Crippen LogP contribution >= 0.6 is 0 Å². The Morgan fingerprint density at radius 2 is 1.54 bits per heavy atom. The van der Waals surface area contributed by atoms with Gasteiger partial charge in [-0.15, -0.1) is 0 Å². The summed E-state index contributed by atoms with van der Waals surface area (Å²) >= 11 is 0. The maximum absolute atomic E-state index is 12.8. The predicted molar refractivity (Wildman–Crippen MR) is 101 cm³/mol. The molecule has 5 nitrogen and oxygen atoms in total. The second kappa shape index (κ2) is 9.06. The minimum absolute atomic E-state index is 0.00882. The molecule has 5 heteroatoms. The zero-order chi connectivity index (χ0) is 18.4. The SMILES string of the molecule is CC(Oc1ccccc1)C(=O)N1CCC(C(=O)N2CCCCCC2)CC1. The van der Waals surface area contributed by atoms with E-state index >= 15 is 0 Å². The topological polar surface area (TPSA) is 49.9 Å². The summed E-state index contributed by atoms with van der Waals surface area (Å²) in [5.41, 5.74) is 0. The first kappa shape index (κ1) is 18.7. The maximum Gasteiger partial charge on any atom is 0.263 e. The van der Waals surface area contributed by atoms with E-state index in [2.05, 4.69) is 4.90 Å². The molecule has 1 unspecified atom stereocenters. The summed E-state index contributed by atoms with van der Waals surface area (Å²) in [6.07, 6.45) is 5.73. The first-order valence-electron chi connectivity index (χ1n) is 9.94. The van der Waals surface area contributed by atoms with E-state index in [0.717, 1.165) is 38.8 Å². The summed E-state index contributed by atoms with van der Waals surface area (Å²) in [5.74, 6) is 1.09. The number of ether oxygens (including phenoxy) is 1. The highest BCUT2D eigenvalue weighted by Crippen LogP contribution is 2.23. The Morgan fingerprint density at radius 1 is 0.923 bits per heavy atom. The zero-order valence-corrected chi connectivity index (χ0v) is 15.7. The van der Waals surface area contributed by atoms with Gasteiger partial charge in [0.25, 0.3) is 5.91 Å². The number of piperidine rings is 1. The van der Waals surface area contributed by atoms with Crippen LogP contribution in [-0.2, 0) is 9.59 Å². The van der Waals surface area contributed by atoms with Crippen LogP contribution in [0.15, 0.2) is 30.3 Å². The van der Waals surface area contributed by atoms with Crippen molar-refractivity contribution in [3.05, 3.63) is 30.3 Å². The molecule has 0 aromatic heterocycles. The molecular weight excluding hydrogens is 328 g/mol. The number of carbonyl (C=O) groups is 2. The molecule has 0 bridgehead atoms. The Balaban J connectivity index is 1.48. The van der Waals surface area contributed by atoms with Gasteiger partial charge in [-0.25, -0.2) is 0 Å². The van der Waals surface area contributed by atoms with E-state index in [0.29, 0.717) is 24.7 Å². The molecule has 1 atom stereocenters. The normalized spacial score (nSPS) is 20.3. The molecule has 3 rings (SSSR count). The minimum atomic E-state index is -0.504. The van der Waals surface area contributed by atoms with Gasteiger partial charge in [-0.1, -0.05) is 31.0 Å². The molecule has 26 heavy (non-hydrogen) atoms. The van der Waals surface area contributed by atoms with Gasteiger partial charge in [0.1, 0.15) is 5.75 Å². The Hall–Kier alpha value is -2.04. The molecule has 0 aliphatic carbocycles. The van der Waals surface area contributed by atoms with E-state index < -0.39 is 6.10 Å². The lowest BCUT2D eigenvalue weighted by Crippen LogP contribution is -2.47. The van der Waals surface area contributed by atoms with Gasteiger partial charge in [0.05, 0.1) is 0 Å². The lowest BCUT2D eigenvalue weighted by molar-refractivity contribution is -0.143. The van der Waals surface area contributed by atoms with Crippen molar-refractivity contribution in [3.8, 4) is 5.75 Å². The van der Waals surface area contributed by atoms with Crippen molar-refractivity contribution in [3.63, 3.8) is 0 Å². The van der Waals surface area contributed by atoms with Crippen LogP contribution in [0.1, 0.15) is 45.4 Å². The number of hydrogen-bond acceptors (Lipinski definition) is 3. The van der Waals surface area contributed by atoms with Gasteiger partial charge >= 0.3 is 0 Å². The fourth-order valence-electron chi connectivity index (χ4n) is 3.91. The largest absolute Gasteiger partial charge is 0.481 e. The average molecular weight is 358 g/mol. The molecule has 0 radical (unpaired) electrons. The molecule has 0 N–H and O–H groups in total. The summed E-state index contributed by atoms with van der Waals surface area (Å²) < 4.78 is 5.75. The summed E-state index contributed by atoms with van der Waals surface area (Å²) in [5, 5.41) is 0. The zero-order valence-electron chi connectivity index (χ0n) is 15.7. The summed E-state index contributed by atoms with van der Waals surface area (Å²) in [6, 6.07) is 9.43. The Labute approximate surface area is 156 Å². The summed E-state index contributed by atoms with van der Waals surface area (Å²) in [4.78, 5) is 29.3. The molecular formula is C21H30N2O3. The third kappa shape index (κ3) is 4.77. The number of carbonyl (C=O) groups excluding carboxylic acids is 2. The minimum Gasteiger partial charge on any atom is -0.481 e. The Morgan fingerprint density at radius 3 is 2.15 bits per heavy atom. The van der Waals surface area contributed by atoms with E-state index in [1.165, 1.54) is 12.8 Å². The fraction of sp³-hybridized carbons (Fsp3) is 0.619. The highest BCUT2D eigenvalue weighted by atomic mass is 16.5. The summed E-state index contributed by atoms with van der Waals surface area (Å²) in [6.45, 7) is 4.89. The molecule has 2 heterocycles. The molecule has 2 aliphatic rings. The molecule has 1 aromatic rings. The molecule has 2 saturated heterocycles. The number of benzene rings is 1. The van der Waals surface area contributed by atoms with E-state index in [-0.39, 0.29) is 11.8 Å². The maximum atomic E-state index is 12.8. The second-order valence-electron chi connectivity index (χ2n) is 7.41. The molecule has 2 fully saturated rings. The lowest BCUT2D eigenvalue weighted by Gasteiger charge is -2.35. The van der Waals surface area contributed by atoms with Crippen molar-refractivity contribution < 1.29 is 14.3 Å². The molecule has 0 saturated carbocycles. The van der Waals surface area contributed by atoms with Crippen LogP contribution in [0.2, 0.25) is 0 Å². The average Bonchev–Trinajstić information content (AvgIpc) is 2.97. The van der Waals surface area contributed by atoms with E-state index in [1.54, 1.807) is 6.92 Å². The number of likely N-dealkylation sites (tertiary alicyclic amines) is 2. The lowest BCUT2D eigenvalue weighted by atomic mass is 9.95. The number of amides is 2. The molecule has 2 aliphatic heterocycles. The predicted octanol–water partition coefficient (Wildman–Crippen LogP) is 3.10. The van der Waals surface area contributed by atoms with Gasteiger partial charge in [0.15, 0.2) is 6.10 Å². The van der Waals surface area contributed by atoms with Crippen LogP contribution in [0, 0.1) is 5.92 Å². The van der Waals surface area contributed by atoms with Gasteiger partial charge in [0.2, 0.25) is 5.91 Å². The first-order chi connectivity index (χ1) is 12.6. The fourth-order valence-corrected chi connectivity index (χ4v) is 3.91. The van der Waals surface area contributed by atoms with Gasteiger partial charge < -0.3 is 14.5 Å². The smallest absolute Gasteiger partial charge is 0.263 e. The highest BCUT2D eigenvalue weighted by Gasteiger charge is 2.32. The second-order valence-corrected chi connectivity index (χ2v) is 7.41. The molecule has 1 aromatic carbocycles. The van der Waals surface area contributed by atoms with E-state index in [9.17, 15) is 9.59 Å². The van der Waals surface area contributed by atoms with Crippen LogP contribution in [0.3, 0.4) is 0 Å². The number of para-hydroxylation sites is 1. The van der Waals surface area contributed by atoms with Crippen molar-refractivity contribution in [2.75, 3.05) is 26.2 Å². The van der Waals surface area contributed by atoms with Crippen LogP contribution < -0.4 is 4.74 Å². The number of hydrogen-bond donors (Lipinski definition) is 0. The Bertz CT molecular complexity index is 589. The number of rotatable bonds is 4. The third-order valence-corrected chi connectivity index (χ3v) is 5.48. The molecule has 2 amide bonds. The van der Waals surface area contributed by atoms with Crippen LogP contribution in [0.4, 0.5) is 0 Å². The molecule has 142 valence electrons. The van der Waals surface area contributed by atoms with E-state index in [4.69, 9.17) is 4.74 Å².